The number of hydrogen-bond acceptors (Lipinski definition) is 5. The first kappa shape index (κ1) is 9.33. The number of nitrogens with one attached hydrogen (secondary N) is 2. The summed E-state index contributed by atoms with van der Waals surface area (Å²) in [5.74, 6) is 1.18. The number of fused-ring (bicyclic) bond motifs is 1. The van der Waals surface area contributed by atoms with Gasteiger partial charge in [-0.2, -0.15) is 0 Å². The molecule has 0 amide bonds. The van der Waals surface area contributed by atoms with E-state index >= 15 is 0 Å². The highest BCUT2D eigenvalue weighted by atomic mass is 16.3. The van der Waals surface area contributed by atoms with Crippen LogP contribution in [-0.2, 0) is 0 Å². The molecule has 84 valence electrons. The summed E-state index contributed by atoms with van der Waals surface area (Å²) in [6.07, 6.45) is 0. The Morgan fingerprint density at radius 3 is 3.06 bits per heavy atom. The van der Waals surface area contributed by atoms with Gasteiger partial charge in [0.15, 0.2) is 5.96 Å². The maximum Gasteiger partial charge on any atom is 0.188 e. The summed E-state index contributed by atoms with van der Waals surface area (Å²) in [7, 11) is 0. The van der Waals surface area contributed by atoms with E-state index in [4.69, 9.17) is 5.73 Å². The fourth-order valence-electron chi connectivity index (χ4n) is 2.42. The normalized spacial score (nSPS) is 26.9. The minimum Gasteiger partial charge on any atom is -0.508 e. The van der Waals surface area contributed by atoms with Crippen LogP contribution in [0.15, 0.2) is 23.2 Å². The van der Waals surface area contributed by atoms with E-state index in [9.17, 15) is 5.11 Å². The topological polar surface area (TPSA) is 82.7 Å². The van der Waals surface area contributed by atoms with Gasteiger partial charge >= 0.3 is 0 Å². The first-order chi connectivity index (χ1) is 7.74. The molecule has 0 aliphatic carbocycles. The minimum absolute atomic E-state index is 0.262. The lowest BCUT2D eigenvalue weighted by atomic mass is 9.94. The van der Waals surface area contributed by atoms with Crippen molar-refractivity contribution in [2.45, 2.75) is 12.0 Å². The number of aliphatic imine (C=N–C) groups is 1. The average molecular weight is 218 g/mol. The maximum atomic E-state index is 9.39. The highest BCUT2D eigenvalue weighted by Crippen LogP contribution is 2.36. The van der Waals surface area contributed by atoms with E-state index in [0.717, 1.165) is 18.8 Å². The van der Waals surface area contributed by atoms with Crippen molar-refractivity contribution in [3.8, 4) is 5.75 Å². The SMILES string of the molecule is NC1=NCC(C2CNc3cc(O)ccc32)N1. The van der Waals surface area contributed by atoms with Crippen molar-refractivity contribution in [2.75, 3.05) is 18.4 Å². The Hall–Kier alpha value is -1.91. The molecule has 3 rings (SSSR count). The summed E-state index contributed by atoms with van der Waals surface area (Å²) in [5.41, 5.74) is 7.85. The van der Waals surface area contributed by atoms with E-state index in [0.29, 0.717) is 17.6 Å². The van der Waals surface area contributed by atoms with Crippen molar-refractivity contribution in [1.82, 2.24) is 5.32 Å². The molecule has 0 bridgehead atoms. The molecule has 1 aromatic rings. The van der Waals surface area contributed by atoms with Crippen molar-refractivity contribution >= 4 is 11.6 Å². The van der Waals surface area contributed by atoms with Crippen LogP contribution in [0.2, 0.25) is 0 Å². The van der Waals surface area contributed by atoms with Gasteiger partial charge in [0.2, 0.25) is 0 Å². The van der Waals surface area contributed by atoms with E-state index in [-0.39, 0.29) is 6.04 Å². The van der Waals surface area contributed by atoms with Gasteiger partial charge in [-0.1, -0.05) is 6.07 Å². The van der Waals surface area contributed by atoms with Gasteiger partial charge in [-0.25, -0.2) is 0 Å². The predicted octanol–water partition coefficient (Wildman–Crippen LogP) is 0.188. The molecular formula is C11H14N4O. The van der Waals surface area contributed by atoms with Crippen LogP contribution in [0.5, 0.6) is 5.75 Å². The fourth-order valence-corrected chi connectivity index (χ4v) is 2.42. The Labute approximate surface area is 93.4 Å². The zero-order valence-electron chi connectivity index (χ0n) is 8.77. The van der Waals surface area contributed by atoms with Gasteiger partial charge in [0.1, 0.15) is 5.75 Å². The van der Waals surface area contributed by atoms with Crippen molar-refractivity contribution in [3.05, 3.63) is 23.8 Å². The Morgan fingerprint density at radius 1 is 1.44 bits per heavy atom. The lowest BCUT2D eigenvalue weighted by Crippen LogP contribution is -2.39. The fraction of sp³-hybridized carbons (Fsp3) is 0.364. The van der Waals surface area contributed by atoms with Crippen LogP contribution in [0, 0.1) is 0 Å². The van der Waals surface area contributed by atoms with Crippen LogP contribution in [0.1, 0.15) is 11.5 Å². The van der Waals surface area contributed by atoms with Crippen molar-refractivity contribution in [3.63, 3.8) is 0 Å². The predicted molar refractivity (Wildman–Crippen MR) is 62.8 cm³/mol. The summed E-state index contributed by atoms with van der Waals surface area (Å²) < 4.78 is 0. The van der Waals surface area contributed by atoms with Crippen molar-refractivity contribution < 1.29 is 5.11 Å². The molecular weight excluding hydrogens is 204 g/mol. The zero-order chi connectivity index (χ0) is 11.1. The highest BCUT2D eigenvalue weighted by Gasteiger charge is 2.32. The molecule has 2 heterocycles. The number of nitrogens with zero attached hydrogens (tertiary/aromatic N) is 1. The summed E-state index contributed by atoms with van der Waals surface area (Å²) in [6, 6.07) is 5.70. The number of phenolic OH excluding ortho intramolecular Hbond substituents is 1. The highest BCUT2D eigenvalue weighted by molar-refractivity contribution is 5.80. The number of hydrogen-bond donors (Lipinski definition) is 4. The van der Waals surface area contributed by atoms with Crippen molar-refractivity contribution in [1.29, 1.82) is 0 Å². The smallest absolute Gasteiger partial charge is 0.188 e. The van der Waals surface area contributed by atoms with E-state index < -0.39 is 0 Å². The summed E-state index contributed by atoms with van der Waals surface area (Å²) >= 11 is 0. The van der Waals surface area contributed by atoms with Gasteiger partial charge in [-0.05, 0) is 11.6 Å². The monoisotopic (exact) mass is 218 g/mol. The summed E-state index contributed by atoms with van der Waals surface area (Å²) in [6.45, 7) is 1.58. The molecule has 2 aliphatic heterocycles. The number of rotatable bonds is 1. The van der Waals surface area contributed by atoms with Gasteiger partial charge in [0.05, 0.1) is 12.6 Å². The molecule has 16 heavy (non-hydrogen) atoms. The second kappa shape index (κ2) is 3.30. The summed E-state index contributed by atoms with van der Waals surface area (Å²) in [5, 5.41) is 15.9. The number of phenols is 1. The lowest BCUT2D eigenvalue weighted by Gasteiger charge is -2.18. The molecule has 2 unspecified atom stereocenters. The molecule has 0 aromatic heterocycles. The van der Waals surface area contributed by atoms with Crippen LogP contribution < -0.4 is 16.4 Å². The van der Waals surface area contributed by atoms with E-state index in [1.165, 1.54) is 5.56 Å². The molecule has 5 heteroatoms. The van der Waals surface area contributed by atoms with Crippen LogP contribution in [-0.4, -0.2) is 30.2 Å². The number of aromatic hydroxyl groups is 1. The van der Waals surface area contributed by atoms with Crippen LogP contribution in [0.3, 0.4) is 0 Å². The third kappa shape index (κ3) is 1.36. The van der Waals surface area contributed by atoms with Gasteiger partial charge < -0.3 is 21.5 Å². The molecule has 0 fully saturated rings. The Kier molecular flexibility index (Phi) is 1.92. The first-order valence-electron chi connectivity index (χ1n) is 5.37. The largest absolute Gasteiger partial charge is 0.508 e. The number of anilines is 1. The van der Waals surface area contributed by atoms with Gasteiger partial charge in [-0.15, -0.1) is 0 Å². The molecule has 0 saturated carbocycles. The lowest BCUT2D eigenvalue weighted by molar-refractivity contribution is 0.475. The number of nitrogens with two attached hydrogens (primary N) is 1. The van der Waals surface area contributed by atoms with Gasteiger partial charge in [0, 0.05) is 24.2 Å². The Bertz CT molecular complexity index is 457. The van der Waals surface area contributed by atoms with Crippen LogP contribution >= 0.6 is 0 Å². The summed E-state index contributed by atoms with van der Waals surface area (Å²) in [4.78, 5) is 4.16. The van der Waals surface area contributed by atoms with Crippen molar-refractivity contribution in [2.24, 2.45) is 10.7 Å². The third-order valence-corrected chi connectivity index (χ3v) is 3.23. The second-order valence-electron chi connectivity index (χ2n) is 4.24. The second-order valence-corrected chi connectivity index (χ2v) is 4.24. The molecule has 5 N–H and O–H groups in total. The van der Waals surface area contributed by atoms with Gasteiger partial charge in [-0.3, -0.25) is 4.99 Å². The molecule has 2 atom stereocenters. The average Bonchev–Trinajstić information content (AvgIpc) is 2.83. The number of benzene rings is 1. The molecule has 5 nitrogen and oxygen atoms in total. The number of guanidine groups is 1. The Morgan fingerprint density at radius 2 is 2.31 bits per heavy atom. The standard InChI is InChI=1S/C11H14N4O/c12-11-14-5-10(15-11)8-4-13-9-3-6(16)1-2-7(8)9/h1-3,8,10,13,16H,4-5H2,(H3,12,14,15). The molecule has 2 aliphatic rings. The maximum absolute atomic E-state index is 9.39. The Balaban J connectivity index is 1.87. The van der Waals surface area contributed by atoms with E-state index in [1.807, 2.05) is 6.07 Å². The van der Waals surface area contributed by atoms with Gasteiger partial charge in [0.25, 0.3) is 0 Å². The molecule has 0 spiro atoms. The van der Waals surface area contributed by atoms with E-state index in [1.54, 1.807) is 12.1 Å². The quantitative estimate of drug-likeness (QED) is 0.542. The first-order valence-corrected chi connectivity index (χ1v) is 5.37. The van der Waals surface area contributed by atoms with E-state index in [2.05, 4.69) is 15.6 Å². The molecule has 0 saturated heterocycles. The minimum atomic E-state index is 0.262. The van der Waals surface area contributed by atoms with Crippen LogP contribution in [0.25, 0.3) is 0 Å². The molecule has 0 radical (unpaired) electrons. The van der Waals surface area contributed by atoms with Crippen LogP contribution in [0.4, 0.5) is 5.69 Å². The molecule has 1 aromatic carbocycles. The zero-order valence-corrected chi connectivity index (χ0v) is 8.77. The third-order valence-electron chi connectivity index (χ3n) is 3.23.